The van der Waals surface area contributed by atoms with E-state index in [2.05, 4.69) is 21.2 Å². The van der Waals surface area contributed by atoms with E-state index in [4.69, 9.17) is 10.5 Å². The van der Waals surface area contributed by atoms with Crippen LogP contribution in [-0.2, 0) is 4.79 Å². The number of ether oxygens (including phenoxy) is 1. The van der Waals surface area contributed by atoms with Crippen molar-refractivity contribution in [2.75, 3.05) is 12.4 Å². The van der Waals surface area contributed by atoms with Crippen LogP contribution in [0, 0.1) is 0 Å². The summed E-state index contributed by atoms with van der Waals surface area (Å²) in [5, 5.41) is 2.69. The van der Waals surface area contributed by atoms with E-state index < -0.39 is 6.04 Å². The first kappa shape index (κ1) is 15.2. The molecule has 4 nitrogen and oxygen atoms in total. The third-order valence-corrected chi connectivity index (χ3v) is 2.54. The fourth-order valence-electron chi connectivity index (χ4n) is 0.974. The first-order valence-corrected chi connectivity index (χ1v) is 5.24. The molecule has 0 bridgehead atoms. The highest BCUT2D eigenvalue weighted by molar-refractivity contribution is 9.10. The molecule has 90 valence electrons. The molecule has 6 heteroatoms. The standard InChI is InChI=1S/C10H13BrN2O2.ClH/c1-6(12)10(14)13-9-5-7(15-2)3-4-8(9)11;/h3-6H,12H2,1-2H3,(H,13,14);1H. The third kappa shape index (κ3) is 4.00. The smallest absolute Gasteiger partial charge is 0.241 e. The minimum atomic E-state index is -0.539. The highest BCUT2D eigenvalue weighted by Crippen LogP contribution is 2.27. The van der Waals surface area contributed by atoms with E-state index in [1.54, 1.807) is 32.2 Å². The maximum atomic E-state index is 11.4. The predicted molar refractivity (Wildman–Crippen MR) is 70.2 cm³/mol. The van der Waals surface area contributed by atoms with Crippen LogP contribution in [0.4, 0.5) is 5.69 Å². The molecule has 0 aliphatic heterocycles. The lowest BCUT2D eigenvalue weighted by Crippen LogP contribution is -2.32. The first-order chi connectivity index (χ1) is 7.04. The van der Waals surface area contributed by atoms with Gasteiger partial charge in [0.15, 0.2) is 0 Å². The molecule has 0 aliphatic carbocycles. The van der Waals surface area contributed by atoms with Gasteiger partial charge in [0.25, 0.3) is 0 Å². The van der Waals surface area contributed by atoms with Crippen molar-refractivity contribution in [3.8, 4) is 5.75 Å². The topological polar surface area (TPSA) is 64.3 Å². The van der Waals surface area contributed by atoms with Gasteiger partial charge in [0, 0.05) is 10.5 Å². The third-order valence-electron chi connectivity index (χ3n) is 1.84. The normalized spacial score (nSPS) is 11.2. The zero-order valence-electron chi connectivity index (χ0n) is 8.99. The van der Waals surface area contributed by atoms with Crippen LogP contribution in [0.1, 0.15) is 6.92 Å². The van der Waals surface area contributed by atoms with Gasteiger partial charge in [-0.25, -0.2) is 0 Å². The number of anilines is 1. The lowest BCUT2D eigenvalue weighted by molar-refractivity contribution is -0.117. The molecule has 0 aliphatic rings. The summed E-state index contributed by atoms with van der Waals surface area (Å²) in [4.78, 5) is 11.4. The molecule has 0 radical (unpaired) electrons. The maximum absolute atomic E-state index is 11.4. The van der Waals surface area contributed by atoms with Crippen LogP contribution in [0.3, 0.4) is 0 Å². The predicted octanol–water partition coefficient (Wildman–Crippen LogP) is 2.17. The number of carbonyl (C=O) groups is 1. The van der Waals surface area contributed by atoms with Gasteiger partial charge in [0.1, 0.15) is 5.75 Å². The van der Waals surface area contributed by atoms with Crippen LogP contribution in [0.5, 0.6) is 5.75 Å². The molecule has 0 fully saturated rings. The van der Waals surface area contributed by atoms with E-state index in [0.717, 1.165) is 4.47 Å². The van der Waals surface area contributed by atoms with Crippen molar-refractivity contribution in [3.63, 3.8) is 0 Å². The van der Waals surface area contributed by atoms with Crippen molar-refractivity contribution in [3.05, 3.63) is 22.7 Å². The van der Waals surface area contributed by atoms with E-state index in [0.29, 0.717) is 11.4 Å². The summed E-state index contributed by atoms with van der Waals surface area (Å²) < 4.78 is 5.84. The van der Waals surface area contributed by atoms with Gasteiger partial charge in [-0.15, -0.1) is 12.4 Å². The minimum Gasteiger partial charge on any atom is -0.497 e. The molecule has 1 unspecified atom stereocenters. The minimum absolute atomic E-state index is 0. The summed E-state index contributed by atoms with van der Waals surface area (Å²) in [6.45, 7) is 1.63. The van der Waals surface area contributed by atoms with Crippen LogP contribution in [-0.4, -0.2) is 19.1 Å². The van der Waals surface area contributed by atoms with E-state index in [1.165, 1.54) is 0 Å². The fraction of sp³-hybridized carbons (Fsp3) is 0.300. The Morgan fingerprint density at radius 1 is 1.56 bits per heavy atom. The lowest BCUT2D eigenvalue weighted by Gasteiger charge is -2.10. The SMILES string of the molecule is COc1ccc(Br)c(NC(=O)C(C)N)c1.Cl. The van der Waals surface area contributed by atoms with Gasteiger partial charge in [0.05, 0.1) is 18.8 Å². The molecule has 0 saturated heterocycles. The molecule has 0 spiro atoms. The Hall–Kier alpha value is -0.780. The van der Waals surface area contributed by atoms with Crippen molar-refractivity contribution < 1.29 is 9.53 Å². The molecular weight excluding hydrogens is 295 g/mol. The number of nitrogens with two attached hydrogens (primary N) is 1. The lowest BCUT2D eigenvalue weighted by atomic mass is 10.2. The number of halogens is 2. The number of benzene rings is 1. The van der Waals surface area contributed by atoms with Crippen LogP contribution in [0.15, 0.2) is 22.7 Å². The van der Waals surface area contributed by atoms with Gasteiger partial charge >= 0.3 is 0 Å². The van der Waals surface area contributed by atoms with Gasteiger partial charge in [-0.05, 0) is 35.0 Å². The highest BCUT2D eigenvalue weighted by Gasteiger charge is 2.10. The Labute approximate surface area is 109 Å². The van der Waals surface area contributed by atoms with Crippen LogP contribution in [0.2, 0.25) is 0 Å². The number of hydrogen-bond donors (Lipinski definition) is 2. The Morgan fingerprint density at radius 3 is 2.69 bits per heavy atom. The molecule has 0 heterocycles. The van der Waals surface area contributed by atoms with E-state index in [9.17, 15) is 4.79 Å². The van der Waals surface area contributed by atoms with Gasteiger partial charge < -0.3 is 15.8 Å². The monoisotopic (exact) mass is 308 g/mol. The number of hydrogen-bond acceptors (Lipinski definition) is 3. The maximum Gasteiger partial charge on any atom is 0.241 e. The molecule has 3 N–H and O–H groups in total. The quantitative estimate of drug-likeness (QED) is 0.899. The second-order valence-corrected chi connectivity index (χ2v) is 3.98. The van der Waals surface area contributed by atoms with Gasteiger partial charge in [-0.3, -0.25) is 4.79 Å². The van der Waals surface area contributed by atoms with Crippen molar-refractivity contribution in [2.45, 2.75) is 13.0 Å². The fourth-order valence-corrected chi connectivity index (χ4v) is 1.32. The van der Waals surface area contributed by atoms with E-state index >= 15 is 0 Å². The summed E-state index contributed by atoms with van der Waals surface area (Å²) in [6, 6.07) is 4.79. The zero-order valence-corrected chi connectivity index (χ0v) is 11.4. The number of rotatable bonds is 3. The zero-order chi connectivity index (χ0) is 11.4. The first-order valence-electron chi connectivity index (χ1n) is 4.44. The van der Waals surface area contributed by atoms with Gasteiger partial charge in [-0.2, -0.15) is 0 Å². The molecule has 1 aromatic rings. The summed E-state index contributed by atoms with van der Waals surface area (Å²) in [6.07, 6.45) is 0. The van der Waals surface area contributed by atoms with Crippen molar-refractivity contribution >= 4 is 39.9 Å². The van der Waals surface area contributed by atoms with E-state index in [-0.39, 0.29) is 18.3 Å². The average molecular weight is 310 g/mol. The second-order valence-electron chi connectivity index (χ2n) is 3.12. The van der Waals surface area contributed by atoms with Gasteiger partial charge in [0.2, 0.25) is 5.91 Å². The molecule has 16 heavy (non-hydrogen) atoms. The molecule has 0 saturated carbocycles. The Morgan fingerprint density at radius 2 is 2.19 bits per heavy atom. The average Bonchev–Trinajstić information content (AvgIpc) is 2.21. The van der Waals surface area contributed by atoms with E-state index in [1.807, 2.05) is 0 Å². The van der Waals surface area contributed by atoms with Crippen LogP contribution < -0.4 is 15.8 Å². The summed E-state index contributed by atoms with van der Waals surface area (Å²) >= 11 is 3.33. The molecule has 1 atom stereocenters. The molecular formula is C10H14BrClN2O2. The summed E-state index contributed by atoms with van der Waals surface area (Å²) in [7, 11) is 1.57. The number of amides is 1. The largest absolute Gasteiger partial charge is 0.497 e. The van der Waals surface area contributed by atoms with Crippen molar-refractivity contribution in [1.29, 1.82) is 0 Å². The molecule has 1 aromatic carbocycles. The Bertz CT molecular complexity index is 372. The van der Waals surface area contributed by atoms with Crippen LogP contribution >= 0.6 is 28.3 Å². The number of carbonyl (C=O) groups excluding carboxylic acids is 1. The summed E-state index contributed by atoms with van der Waals surface area (Å²) in [5.41, 5.74) is 6.10. The Balaban J connectivity index is 0.00000225. The van der Waals surface area contributed by atoms with Crippen molar-refractivity contribution in [1.82, 2.24) is 0 Å². The number of methoxy groups -OCH3 is 1. The number of nitrogens with one attached hydrogen (secondary N) is 1. The molecule has 1 rings (SSSR count). The van der Waals surface area contributed by atoms with Crippen LogP contribution in [0.25, 0.3) is 0 Å². The van der Waals surface area contributed by atoms with Crippen molar-refractivity contribution in [2.24, 2.45) is 5.73 Å². The molecule has 1 amide bonds. The summed E-state index contributed by atoms with van der Waals surface area (Å²) in [5.74, 6) is 0.446. The van der Waals surface area contributed by atoms with Gasteiger partial charge in [-0.1, -0.05) is 0 Å². The highest BCUT2D eigenvalue weighted by atomic mass is 79.9. The second kappa shape index (κ2) is 6.73. The molecule has 0 aromatic heterocycles. The Kier molecular flexibility index (Phi) is 6.40.